The second-order valence-corrected chi connectivity index (χ2v) is 8.36. The van der Waals surface area contributed by atoms with Gasteiger partial charge in [0.15, 0.2) is 11.8 Å². The summed E-state index contributed by atoms with van der Waals surface area (Å²) in [5, 5.41) is 15.3. The van der Waals surface area contributed by atoms with Crippen molar-refractivity contribution in [2.24, 2.45) is 12.0 Å². The maximum Gasteiger partial charge on any atom is 0.191 e. The van der Waals surface area contributed by atoms with E-state index in [0.29, 0.717) is 13.1 Å². The maximum absolute atomic E-state index is 6.07. The lowest BCUT2D eigenvalue weighted by molar-refractivity contribution is 0.235. The van der Waals surface area contributed by atoms with E-state index in [2.05, 4.69) is 69.2 Å². The average molecular weight is 575 g/mol. The highest BCUT2D eigenvalue weighted by atomic mass is 127. The third-order valence-electron chi connectivity index (χ3n) is 5.93. The van der Waals surface area contributed by atoms with Gasteiger partial charge in [-0.1, -0.05) is 36.4 Å². The van der Waals surface area contributed by atoms with Crippen molar-refractivity contribution in [1.82, 2.24) is 25.4 Å². The molecule has 0 spiro atoms. The molecule has 1 unspecified atom stereocenters. The van der Waals surface area contributed by atoms with Gasteiger partial charge in [0.2, 0.25) is 0 Å². The van der Waals surface area contributed by atoms with E-state index in [9.17, 15) is 0 Å². The minimum absolute atomic E-state index is 0. The lowest BCUT2D eigenvalue weighted by Gasteiger charge is -2.20. The number of halogens is 1. The largest absolute Gasteiger partial charge is 0.488 e. The molecule has 0 radical (unpaired) electrons. The average Bonchev–Trinajstić information content (AvgIpc) is 3.41. The molecule has 0 aliphatic carbocycles. The number of ether oxygens (including phenoxy) is 1. The van der Waals surface area contributed by atoms with Gasteiger partial charge in [0.1, 0.15) is 24.2 Å². The van der Waals surface area contributed by atoms with Gasteiger partial charge in [0, 0.05) is 39.3 Å². The van der Waals surface area contributed by atoms with Crippen molar-refractivity contribution in [2.45, 2.75) is 32.4 Å². The molecule has 0 amide bonds. The molecule has 3 aromatic rings. The van der Waals surface area contributed by atoms with Crippen LogP contribution in [0.5, 0.6) is 5.75 Å². The first kappa shape index (κ1) is 25.8. The van der Waals surface area contributed by atoms with Crippen LogP contribution in [0.25, 0.3) is 0 Å². The monoisotopic (exact) mass is 575 g/mol. The first-order valence-electron chi connectivity index (χ1n) is 11.5. The van der Waals surface area contributed by atoms with Crippen molar-refractivity contribution in [3.63, 3.8) is 0 Å². The molecule has 34 heavy (non-hydrogen) atoms. The predicted octanol–water partition coefficient (Wildman–Crippen LogP) is 3.31. The Kier molecular flexibility index (Phi) is 9.55. The second kappa shape index (κ2) is 12.6. The SMILES string of the molecule is Cc1nnc(CN=C(NCCCN(C)c2ccccc2)NCC2Cc3ccccc3O2)n1C.I. The number of benzene rings is 2. The lowest BCUT2D eigenvalue weighted by Crippen LogP contribution is -2.43. The molecule has 0 fully saturated rings. The van der Waals surface area contributed by atoms with Gasteiger partial charge in [0.05, 0.1) is 6.54 Å². The van der Waals surface area contributed by atoms with Gasteiger partial charge in [-0.2, -0.15) is 0 Å². The molecule has 0 saturated heterocycles. The zero-order valence-electron chi connectivity index (χ0n) is 20.1. The van der Waals surface area contributed by atoms with Crippen molar-refractivity contribution < 1.29 is 4.74 Å². The fourth-order valence-electron chi connectivity index (χ4n) is 3.83. The van der Waals surface area contributed by atoms with Gasteiger partial charge in [-0.15, -0.1) is 34.2 Å². The summed E-state index contributed by atoms with van der Waals surface area (Å²) < 4.78 is 8.04. The number of guanidine groups is 1. The molecule has 1 aliphatic rings. The number of anilines is 1. The van der Waals surface area contributed by atoms with Crippen LogP contribution in [-0.4, -0.2) is 53.5 Å². The Bertz CT molecular complexity index is 1050. The van der Waals surface area contributed by atoms with E-state index in [4.69, 9.17) is 9.73 Å². The van der Waals surface area contributed by atoms with E-state index in [1.165, 1.54) is 11.3 Å². The first-order chi connectivity index (χ1) is 16.1. The van der Waals surface area contributed by atoms with Crippen LogP contribution < -0.4 is 20.3 Å². The fraction of sp³-hybridized carbons (Fsp3) is 0.400. The summed E-state index contributed by atoms with van der Waals surface area (Å²) in [6.45, 7) is 4.85. The molecule has 0 bridgehead atoms. The Morgan fingerprint density at radius 3 is 2.62 bits per heavy atom. The number of hydrogen-bond donors (Lipinski definition) is 2. The highest BCUT2D eigenvalue weighted by molar-refractivity contribution is 14.0. The fourth-order valence-corrected chi connectivity index (χ4v) is 3.83. The van der Waals surface area contributed by atoms with Crippen LogP contribution in [0.4, 0.5) is 5.69 Å². The molecule has 2 N–H and O–H groups in total. The smallest absolute Gasteiger partial charge is 0.191 e. The van der Waals surface area contributed by atoms with Crippen LogP contribution in [0, 0.1) is 6.92 Å². The number of nitrogens with zero attached hydrogens (tertiary/aromatic N) is 5. The molecule has 4 rings (SSSR count). The molecule has 2 aromatic carbocycles. The Balaban J connectivity index is 0.00000324. The highest BCUT2D eigenvalue weighted by Crippen LogP contribution is 2.27. The molecule has 182 valence electrons. The third kappa shape index (κ3) is 6.85. The van der Waals surface area contributed by atoms with Crippen molar-refractivity contribution >= 4 is 35.6 Å². The van der Waals surface area contributed by atoms with Crippen molar-refractivity contribution in [3.05, 3.63) is 71.8 Å². The van der Waals surface area contributed by atoms with E-state index in [1.807, 2.05) is 36.7 Å². The summed E-state index contributed by atoms with van der Waals surface area (Å²) in [6, 6.07) is 18.7. The summed E-state index contributed by atoms with van der Waals surface area (Å²) in [4.78, 5) is 7.02. The molecule has 2 heterocycles. The summed E-state index contributed by atoms with van der Waals surface area (Å²) in [5.74, 6) is 3.46. The molecule has 9 heteroatoms. The van der Waals surface area contributed by atoms with E-state index in [1.54, 1.807) is 0 Å². The van der Waals surface area contributed by atoms with Crippen LogP contribution in [0.2, 0.25) is 0 Å². The zero-order chi connectivity index (χ0) is 23.0. The zero-order valence-corrected chi connectivity index (χ0v) is 22.4. The van der Waals surface area contributed by atoms with Gasteiger partial charge in [-0.25, -0.2) is 4.99 Å². The molecule has 8 nitrogen and oxygen atoms in total. The first-order valence-corrected chi connectivity index (χ1v) is 11.5. The van der Waals surface area contributed by atoms with Gasteiger partial charge < -0.3 is 24.8 Å². The highest BCUT2D eigenvalue weighted by Gasteiger charge is 2.22. The number of aliphatic imine (C=N–C) groups is 1. The molecule has 1 atom stereocenters. The Morgan fingerprint density at radius 2 is 1.88 bits per heavy atom. The summed E-state index contributed by atoms with van der Waals surface area (Å²) in [7, 11) is 4.08. The quantitative estimate of drug-likeness (QED) is 0.177. The standard InChI is InChI=1S/C25H33N7O.HI/c1-19-29-30-24(32(19)3)18-28-25(26-14-9-15-31(2)21-11-5-4-6-12-21)27-17-22-16-20-10-7-8-13-23(20)33-22;/h4-8,10-13,22H,9,14-18H2,1-3H3,(H2,26,27,28);1H. The lowest BCUT2D eigenvalue weighted by atomic mass is 10.1. The van der Waals surface area contributed by atoms with Crippen LogP contribution >= 0.6 is 24.0 Å². The van der Waals surface area contributed by atoms with Gasteiger partial charge in [-0.05, 0) is 37.1 Å². The number of fused-ring (bicyclic) bond motifs is 1. The summed E-state index contributed by atoms with van der Waals surface area (Å²) in [5.41, 5.74) is 2.48. The molecule has 1 aliphatic heterocycles. The molecular formula is C25H34IN7O. The van der Waals surface area contributed by atoms with Crippen LogP contribution in [0.3, 0.4) is 0 Å². The van der Waals surface area contributed by atoms with Crippen molar-refractivity contribution in [1.29, 1.82) is 0 Å². The number of aryl methyl sites for hydroxylation is 1. The van der Waals surface area contributed by atoms with E-state index >= 15 is 0 Å². The Hall–Kier alpha value is -2.82. The minimum atomic E-state index is 0. The minimum Gasteiger partial charge on any atom is -0.488 e. The van der Waals surface area contributed by atoms with E-state index in [-0.39, 0.29) is 30.1 Å². The number of aromatic nitrogens is 3. The number of rotatable bonds is 9. The van der Waals surface area contributed by atoms with Crippen molar-refractivity contribution in [2.75, 3.05) is 31.6 Å². The van der Waals surface area contributed by atoms with Crippen LogP contribution in [-0.2, 0) is 20.0 Å². The van der Waals surface area contributed by atoms with E-state index < -0.39 is 0 Å². The summed E-state index contributed by atoms with van der Waals surface area (Å²) in [6.07, 6.45) is 1.98. The van der Waals surface area contributed by atoms with E-state index in [0.717, 1.165) is 49.3 Å². The van der Waals surface area contributed by atoms with Gasteiger partial charge in [-0.3, -0.25) is 0 Å². The Morgan fingerprint density at radius 1 is 1.12 bits per heavy atom. The van der Waals surface area contributed by atoms with Crippen molar-refractivity contribution in [3.8, 4) is 5.75 Å². The molecular weight excluding hydrogens is 541 g/mol. The number of hydrogen-bond acceptors (Lipinski definition) is 5. The second-order valence-electron chi connectivity index (χ2n) is 8.36. The van der Waals surface area contributed by atoms with Gasteiger partial charge >= 0.3 is 0 Å². The predicted molar refractivity (Wildman–Crippen MR) is 147 cm³/mol. The third-order valence-corrected chi connectivity index (χ3v) is 5.93. The van der Waals surface area contributed by atoms with Crippen LogP contribution in [0.1, 0.15) is 23.6 Å². The number of nitrogens with one attached hydrogen (secondary N) is 2. The van der Waals surface area contributed by atoms with Gasteiger partial charge in [0.25, 0.3) is 0 Å². The topological polar surface area (TPSA) is 79.6 Å². The Labute approximate surface area is 218 Å². The van der Waals surface area contributed by atoms with Crippen LogP contribution in [0.15, 0.2) is 59.6 Å². The normalized spacial score (nSPS) is 14.7. The molecule has 0 saturated carbocycles. The summed E-state index contributed by atoms with van der Waals surface area (Å²) >= 11 is 0. The maximum atomic E-state index is 6.07. The molecule has 1 aromatic heterocycles. The number of para-hydroxylation sites is 2.